The summed E-state index contributed by atoms with van der Waals surface area (Å²) in [5.74, 6) is 0. The summed E-state index contributed by atoms with van der Waals surface area (Å²) >= 11 is 0. The zero-order valence-electron chi connectivity index (χ0n) is 8.16. The molecular formula is C12H16N. The van der Waals surface area contributed by atoms with Crippen LogP contribution in [-0.4, -0.2) is 6.54 Å². The van der Waals surface area contributed by atoms with Gasteiger partial charge in [-0.05, 0) is 30.9 Å². The molecule has 69 valence electrons. The smallest absolute Gasteiger partial charge is 0.0496 e. The van der Waals surface area contributed by atoms with Gasteiger partial charge in [-0.25, -0.2) is 0 Å². The minimum absolute atomic E-state index is 1.15. The average molecular weight is 174 g/mol. The summed E-state index contributed by atoms with van der Waals surface area (Å²) in [6.45, 7) is 5.70. The van der Waals surface area contributed by atoms with Crippen LogP contribution in [0.25, 0.3) is 0 Å². The van der Waals surface area contributed by atoms with Crippen molar-refractivity contribution < 1.29 is 0 Å². The van der Waals surface area contributed by atoms with Crippen LogP contribution in [0.4, 0.5) is 5.69 Å². The fraction of sp³-hybridized carbons (Fsp3) is 0.417. The van der Waals surface area contributed by atoms with Crippen molar-refractivity contribution in [3.8, 4) is 0 Å². The minimum atomic E-state index is 1.15. The molecule has 0 aliphatic carbocycles. The normalized spacial score (nSPS) is 15.6. The van der Waals surface area contributed by atoms with Crippen molar-refractivity contribution >= 4 is 5.69 Å². The number of fused-ring (bicyclic) bond motifs is 1. The van der Waals surface area contributed by atoms with Crippen LogP contribution >= 0.6 is 0 Å². The molecule has 0 saturated carbocycles. The van der Waals surface area contributed by atoms with Crippen LogP contribution in [-0.2, 0) is 6.42 Å². The third-order valence-corrected chi connectivity index (χ3v) is 2.53. The van der Waals surface area contributed by atoms with Gasteiger partial charge in [0.25, 0.3) is 0 Å². The molecule has 1 heterocycles. The van der Waals surface area contributed by atoms with Gasteiger partial charge < -0.3 is 4.90 Å². The molecule has 1 nitrogen and oxygen atoms in total. The second kappa shape index (κ2) is 3.82. The third-order valence-electron chi connectivity index (χ3n) is 2.53. The Balaban J connectivity index is 2.26. The molecule has 0 saturated heterocycles. The van der Waals surface area contributed by atoms with Crippen LogP contribution in [0.15, 0.2) is 24.3 Å². The van der Waals surface area contributed by atoms with Crippen molar-refractivity contribution in [1.82, 2.24) is 0 Å². The highest BCUT2D eigenvalue weighted by molar-refractivity contribution is 5.56. The van der Waals surface area contributed by atoms with Crippen molar-refractivity contribution in [3.63, 3.8) is 0 Å². The first-order valence-electron chi connectivity index (χ1n) is 5.09. The lowest BCUT2D eigenvalue weighted by atomic mass is 10.0. The first-order chi connectivity index (χ1) is 6.42. The molecular weight excluding hydrogens is 158 g/mol. The highest BCUT2D eigenvalue weighted by Gasteiger charge is 2.14. The molecule has 0 spiro atoms. The summed E-state index contributed by atoms with van der Waals surface area (Å²) in [5, 5.41) is 0. The molecule has 1 aromatic carbocycles. The SMILES string of the molecule is CCCN1[CH]CCc2ccccc21. The van der Waals surface area contributed by atoms with E-state index >= 15 is 0 Å². The van der Waals surface area contributed by atoms with E-state index in [2.05, 4.69) is 42.6 Å². The van der Waals surface area contributed by atoms with Gasteiger partial charge in [-0.3, -0.25) is 0 Å². The number of aryl methyl sites for hydroxylation is 1. The molecule has 13 heavy (non-hydrogen) atoms. The number of para-hydroxylation sites is 1. The number of hydrogen-bond donors (Lipinski definition) is 0. The Morgan fingerprint density at radius 2 is 2.15 bits per heavy atom. The first-order valence-corrected chi connectivity index (χ1v) is 5.09. The number of hydrogen-bond acceptors (Lipinski definition) is 1. The van der Waals surface area contributed by atoms with Gasteiger partial charge in [0.05, 0.1) is 0 Å². The quantitative estimate of drug-likeness (QED) is 0.666. The van der Waals surface area contributed by atoms with E-state index in [0.29, 0.717) is 0 Å². The molecule has 1 aromatic rings. The van der Waals surface area contributed by atoms with Crippen LogP contribution in [0.5, 0.6) is 0 Å². The lowest BCUT2D eigenvalue weighted by Crippen LogP contribution is -2.25. The Bertz CT molecular complexity index is 280. The number of benzene rings is 1. The van der Waals surface area contributed by atoms with Gasteiger partial charge in [0.15, 0.2) is 0 Å². The van der Waals surface area contributed by atoms with Gasteiger partial charge in [0, 0.05) is 18.8 Å². The lowest BCUT2D eigenvalue weighted by Gasteiger charge is -2.30. The summed E-state index contributed by atoms with van der Waals surface area (Å²) in [4.78, 5) is 2.39. The van der Waals surface area contributed by atoms with Crippen LogP contribution < -0.4 is 4.90 Å². The Morgan fingerprint density at radius 3 is 3.00 bits per heavy atom. The second-order valence-electron chi connectivity index (χ2n) is 3.54. The van der Waals surface area contributed by atoms with Crippen LogP contribution in [0, 0.1) is 6.54 Å². The maximum Gasteiger partial charge on any atom is 0.0496 e. The van der Waals surface area contributed by atoms with E-state index in [0.717, 1.165) is 6.54 Å². The van der Waals surface area contributed by atoms with E-state index in [4.69, 9.17) is 0 Å². The Kier molecular flexibility index (Phi) is 2.53. The zero-order chi connectivity index (χ0) is 9.10. The molecule has 0 aromatic heterocycles. The molecule has 1 aliphatic rings. The van der Waals surface area contributed by atoms with Gasteiger partial charge in [-0.1, -0.05) is 25.1 Å². The van der Waals surface area contributed by atoms with E-state index < -0.39 is 0 Å². The fourth-order valence-corrected chi connectivity index (χ4v) is 1.93. The van der Waals surface area contributed by atoms with Gasteiger partial charge in [-0.15, -0.1) is 0 Å². The highest BCUT2D eigenvalue weighted by atomic mass is 15.1. The Morgan fingerprint density at radius 1 is 1.31 bits per heavy atom. The van der Waals surface area contributed by atoms with E-state index in [1.807, 2.05) is 0 Å². The molecule has 1 aliphatic heterocycles. The molecule has 0 fully saturated rings. The highest BCUT2D eigenvalue weighted by Crippen LogP contribution is 2.28. The Hall–Kier alpha value is -0.980. The maximum atomic E-state index is 2.39. The van der Waals surface area contributed by atoms with E-state index in [1.54, 1.807) is 0 Å². The number of nitrogens with zero attached hydrogens (tertiary/aromatic N) is 1. The largest absolute Gasteiger partial charge is 0.366 e. The van der Waals surface area contributed by atoms with Gasteiger partial charge in [0.2, 0.25) is 0 Å². The molecule has 1 radical (unpaired) electrons. The third kappa shape index (κ3) is 1.69. The molecule has 0 bridgehead atoms. The van der Waals surface area contributed by atoms with Crippen LogP contribution in [0.1, 0.15) is 25.3 Å². The zero-order valence-corrected chi connectivity index (χ0v) is 8.16. The second-order valence-corrected chi connectivity index (χ2v) is 3.54. The van der Waals surface area contributed by atoms with Crippen LogP contribution in [0.2, 0.25) is 0 Å². The first kappa shape index (κ1) is 8.61. The molecule has 0 atom stereocenters. The monoisotopic (exact) mass is 174 g/mol. The van der Waals surface area contributed by atoms with Gasteiger partial charge in [0.1, 0.15) is 0 Å². The molecule has 1 heteroatoms. The van der Waals surface area contributed by atoms with Crippen molar-refractivity contribution in [2.75, 3.05) is 11.4 Å². The topological polar surface area (TPSA) is 3.24 Å². The van der Waals surface area contributed by atoms with Crippen molar-refractivity contribution in [2.24, 2.45) is 0 Å². The molecule has 0 N–H and O–H groups in total. The standard InChI is InChI=1S/C12H16N/c1-2-9-13-10-5-7-11-6-3-4-8-12(11)13/h3-4,6,8,10H,2,5,7,9H2,1H3. The lowest BCUT2D eigenvalue weighted by molar-refractivity contribution is 0.752. The average Bonchev–Trinajstić information content (AvgIpc) is 2.19. The summed E-state index contributed by atoms with van der Waals surface area (Å²) in [7, 11) is 0. The summed E-state index contributed by atoms with van der Waals surface area (Å²) in [5.41, 5.74) is 2.91. The fourth-order valence-electron chi connectivity index (χ4n) is 1.93. The minimum Gasteiger partial charge on any atom is -0.366 e. The predicted octanol–water partition coefficient (Wildman–Crippen LogP) is 3.01. The molecule has 0 amide bonds. The van der Waals surface area contributed by atoms with Crippen LogP contribution in [0.3, 0.4) is 0 Å². The molecule has 2 rings (SSSR count). The van der Waals surface area contributed by atoms with Crippen molar-refractivity contribution in [1.29, 1.82) is 0 Å². The summed E-state index contributed by atoms with van der Waals surface area (Å²) < 4.78 is 0. The summed E-state index contributed by atoms with van der Waals surface area (Å²) in [6, 6.07) is 8.72. The molecule has 0 unspecified atom stereocenters. The van der Waals surface area contributed by atoms with E-state index in [9.17, 15) is 0 Å². The van der Waals surface area contributed by atoms with Gasteiger partial charge in [-0.2, -0.15) is 0 Å². The predicted molar refractivity (Wildman–Crippen MR) is 56.7 cm³/mol. The van der Waals surface area contributed by atoms with E-state index in [1.165, 1.54) is 30.5 Å². The maximum absolute atomic E-state index is 2.39. The van der Waals surface area contributed by atoms with Crippen molar-refractivity contribution in [3.05, 3.63) is 36.4 Å². The van der Waals surface area contributed by atoms with Crippen molar-refractivity contribution in [2.45, 2.75) is 26.2 Å². The summed E-state index contributed by atoms with van der Waals surface area (Å²) in [6.07, 6.45) is 3.61. The van der Waals surface area contributed by atoms with E-state index in [-0.39, 0.29) is 0 Å². The number of anilines is 1. The van der Waals surface area contributed by atoms with Gasteiger partial charge >= 0.3 is 0 Å². The number of rotatable bonds is 2. The Labute approximate surface area is 80.4 Å².